The fraction of sp³-hybridized carbons (Fsp3) is 0.435. The molecule has 0 aliphatic carbocycles. The maximum absolute atomic E-state index is 5.91. The van der Waals surface area contributed by atoms with E-state index in [2.05, 4.69) is 13.8 Å². The van der Waals surface area contributed by atoms with Gasteiger partial charge in [-0.1, -0.05) is 0 Å². The van der Waals surface area contributed by atoms with Crippen molar-refractivity contribution in [3.8, 4) is 23.0 Å². The average Bonchev–Trinajstić information content (AvgIpc) is 3.10. The van der Waals surface area contributed by atoms with Crippen molar-refractivity contribution in [3.05, 3.63) is 47.0 Å². The van der Waals surface area contributed by atoms with Crippen LogP contribution in [-0.2, 0) is 17.6 Å². The molecule has 0 radical (unpaired) electrons. The Hall–Kier alpha value is -2.89. The molecule has 1 heterocycles. The van der Waals surface area contributed by atoms with E-state index >= 15 is 0 Å². The fourth-order valence-corrected chi connectivity index (χ4v) is 3.44. The van der Waals surface area contributed by atoms with Crippen LogP contribution in [0.4, 0.5) is 0 Å². The molecule has 6 heteroatoms. The first-order valence-electron chi connectivity index (χ1n) is 9.59. The summed E-state index contributed by atoms with van der Waals surface area (Å²) < 4.78 is 27.9. The van der Waals surface area contributed by atoms with Gasteiger partial charge in [0.2, 0.25) is 5.90 Å². The van der Waals surface area contributed by atoms with Crippen LogP contribution in [0.2, 0.25) is 0 Å². The van der Waals surface area contributed by atoms with E-state index in [1.54, 1.807) is 28.4 Å². The van der Waals surface area contributed by atoms with Crippen LogP contribution in [0, 0.1) is 0 Å². The Balaban J connectivity index is 1.99. The first-order chi connectivity index (χ1) is 13.9. The number of methoxy groups -OCH3 is 4. The highest BCUT2D eigenvalue weighted by Crippen LogP contribution is 2.36. The molecule has 0 N–H and O–H groups in total. The first-order valence-corrected chi connectivity index (χ1v) is 9.59. The normalized spacial score (nSPS) is 14.8. The third-order valence-electron chi connectivity index (χ3n) is 4.92. The molecule has 0 amide bonds. The molecule has 0 bridgehead atoms. The van der Waals surface area contributed by atoms with Crippen molar-refractivity contribution < 1.29 is 23.7 Å². The van der Waals surface area contributed by atoms with Crippen molar-refractivity contribution in [3.63, 3.8) is 0 Å². The number of benzene rings is 2. The maximum Gasteiger partial charge on any atom is 0.217 e. The molecule has 0 unspecified atom stereocenters. The minimum atomic E-state index is -0.236. The van der Waals surface area contributed by atoms with Crippen molar-refractivity contribution in [1.29, 1.82) is 0 Å². The first kappa shape index (κ1) is 20.8. The smallest absolute Gasteiger partial charge is 0.217 e. The van der Waals surface area contributed by atoms with Gasteiger partial charge >= 0.3 is 0 Å². The Bertz CT molecular complexity index is 882. The maximum atomic E-state index is 5.91. The molecule has 156 valence electrons. The van der Waals surface area contributed by atoms with E-state index in [0.29, 0.717) is 24.0 Å². The molecule has 0 atom stereocenters. The molecule has 0 saturated heterocycles. The number of hydrogen-bond donors (Lipinski definition) is 0. The summed E-state index contributed by atoms with van der Waals surface area (Å²) in [7, 11) is 6.60. The molecule has 29 heavy (non-hydrogen) atoms. The summed E-state index contributed by atoms with van der Waals surface area (Å²) in [5.74, 6) is 3.57. The predicted molar refractivity (Wildman–Crippen MR) is 113 cm³/mol. The highest BCUT2D eigenvalue weighted by atomic mass is 16.5. The van der Waals surface area contributed by atoms with Crippen LogP contribution in [-0.4, -0.2) is 46.5 Å². The Morgan fingerprint density at radius 1 is 0.897 bits per heavy atom. The molecule has 1 aliphatic rings. The standard InChI is InChI=1S/C23H29NO5/c1-23(2)14-29-22(24-23)19-9-10-20(27-5)21(28-6)18(19)8-7-15-11-16(25-3)13-17(12-15)26-4/h9-13H,7-8,14H2,1-6H3. The third kappa shape index (κ3) is 4.58. The number of nitrogens with zero attached hydrogens (tertiary/aromatic N) is 1. The van der Waals surface area contributed by atoms with Gasteiger partial charge in [0.15, 0.2) is 11.5 Å². The third-order valence-corrected chi connectivity index (χ3v) is 4.92. The second kappa shape index (κ2) is 8.64. The minimum absolute atomic E-state index is 0.236. The average molecular weight is 399 g/mol. The predicted octanol–water partition coefficient (Wildman–Crippen LogP) is 4.06. The van der Waals surface area contributed by atoms with E-state index in [4.69, 9.17) is 28.7 Å². The van der Waals surface area contributed by atoms with Crippen molar-refractivity contribution in [1.82, 2.24) is 0 Å². The van der Waals surface area contributed by atoms with Crippen LogP contribution < -0.4 is 18.9 Å². The highest BCUT2D eigenvalue weighted by molar-refractivity contribution is 5.98. The van der Waals surface area contributed by atoms with Crippen molar-refractivity contribution in [2.75, 3.05) is 35.0 Å². The lowest BCUT2D eigenvalue weighted by molar-refractivity contribution is 0.279. The van der Waals surface area contributed by atoms with Crippen molar-refractivity contribution in [2.45, 2.75) is 32.2 Å². The SMILES string of the molecule is COc1cc(CCc2c(C3=NC(C)(C)CO3)ccc(OC)c2OC)cc(OC)c1. The van der Waals surface area contributed by atoms with E-state index in [9.17, 15) is 0 Å². The van der Waals surface area contributed by atoms with Crippen molar-refractivity contribution >= 4 is 5.90 Å². The Morgan fingerprint density at radius 2 is 1.59 bits per heavy atom. The summed E-state index contributed by atoms with van der Waals surface area (Å²) in [5, 5.41) is 0. The molecule has 1 aliphatic heterocycles. The van der Waals surface area contributed by atoms with Crippen LogP contribution in [0.1, 0.15) is 30.5 Å². The molecular weight excluding hydrogens is 370 g/mol. The zero-order chi connectivity index (χ0) is 21.0. The summed E-state index contributed by atoms with van der Waals surface area (Å²) in [6.45, 7) is 4.68. The summed E-state index contributed by atoms with van der Waals surface area (Å²) in [6, 6.07) is 9.78. The Labute approximate surface area is 172 Å². The summed E-state index contributed by atoms with van der Waals surface area (Å²) in [5.41, 5.74) is 2.81. The Kier molecular flexibility index (Phi) is 6.20. The van der Waals surface area contributed by atoms with Crippen LogP contribution in [0.3, 0.4) is 0 Å². The summed E-state index contributed by atoms with van der Waals surface area (Å²) in [4.78, 5) is 4.75. The second-order valence-electron chi connectivity index (χ2n) is 7.57. The Morgan fingerprint density at radius 3 is 2.10 bits per heavy atom. The van der Waals surface area contributed by atoms with Gasteiger partial charge in [-0.05, 0) is 56.5 Å². The van der Waals surface area contributed by atoms with Crippen LogP contribution >= 0.6 is 0 Å². The number of hydrogen-bond acceptors (Lipinski definition) is 6. The van der Waals surface area contributed by atoms with E-state index in [-0.39, 0.29) is 5.54 Å². The van der Waals surface area contributed by atoms with E-state index in [0.717, 1.165) is 41.0 Å². The molecule has 2 aromatic carbocycles. The van der Waals surface area contributed by atoms with Gasteiger partial charge in [0.25, 0.3) is 0 Å². The number of ether oxygens (including phenoxy) is 5. The van der Waals surface area contributed by atoms with Gasteiger partial charge in [-0.2, -0.15) is 0 Å². The minimum Gasteiger partial charge on any atom is -0.497 e. The van der Waals surface area contributed by atoms with Crippen LogP contribution in [0.15, 0.2) is 35.3 Å². The van der Waals surface area contributed by atoms with Gasteiger partial charge in [0, 0.05) is 17.2 Å². The molecule has 0 spiro atoms. The molecule has 0 fully saturated rings. The van der Waals surface area contributed by atoms with E-state index in [1.807, 2.05) is 30.3 Å². The van der Waals surface area contributed by atoms with Gasteiger partial charge in [-0.15, -0.1) is 0 Å². The molecule has 3 rings (SSSR count). The number of rotatable bonds is 8. The van der Waals surface area contributed by atoms with Gasteiger partial charge in [-0.25, -0.2) is 4.99 Å². The molecular formula is C23H29NO5. The zero-order valence-corrected chi connectivity index (χ0v) is 18.0. The van der Waals surface area contributed by atoms with Gasteiger partial charge < -0.3 is 23.7 Å². The highest BCUT2D eigenvalue weighted by Gasteiger charge is 2.29. The van der Waals surface area contributed by atoms with Crippen LogP contribution in [0.25, 0.3) is 0 Å². The lowest BCUT2D eigenvalue weighted by Gasteiger charge is -2.17. The zero-order valence-electron chi connectivity index (χ0n) is 18.0. The second-order valence-corrected chi connectivity index (χ2v) is 7.57. The summed E-state index contributed by atoms with van der Waals surface area (Å²) >= 11 is 0. The molecule has 6 nitrogen and oxygen atoms in total. The monoisotopic (exact) mass is 399 g/mol. The fourth-order valence-electron chi connectivity index (χ4n) is 3.44. The lowest BCUT2D eigenvalue weighted by atomic mass is 9.97. The lowest BCUT2D eigenvalue weighted by Crippen LogP contribution is -2.17. The van der Waals surface area contributed by atoms with E-state index in [1.165, 1.54) is 0 Å². The molecule has 0 saturated carbocycles. The largest absolute Gasteiger partial charge is 0.497 e. The molecule has 2 aromatic rings. The van der Waals surface area contributed by atoms with Gasteiger partial charge in [0.1, 0.15) is 18.1 Å². The summed E-state index contributed by atoms with van der Waals surface area (Å²) in [6.07, 6.45) is 1.48. The molecule has 0 aromatic heterocycles. The number of aliphatic imine (C=N–C) groups is 1. The quantitative estimate of drug-likeness (QED) is 0.670. The van der Waals surface area contributed by atoms with Gasteiger partial charge in [-0.3, -0.25) is 0 Å². The van der Waals surface area contributed by atoms with Gasteiger partial charge in [0.05, 0.1) is 34.0 Å². The number of aryl methyl sites for hydroxylation is 1. The topological polar surface area (TPSA) is 58.5 Å². The van der Waals surface area contributed by atoms with Crippen LogP contribution in [0.5, 0.6) is 23.0 Å². The van der Waals surface area contributed by atoms with E-state index < -0.39 is 0 Å². The van der Waals surface area contributed by atoms with Crippen molar-refractivity contribution in [2.24, 2.45) is 4.99 Å².